The molecule has 0 bridgehead atoms. The molecule has 0 saturated carbocycles. The van der Waals surface area contributed by atoms with E-state index < -0.39 is 6.36 Å². The van der Waals surface area contributed by atoms with Crippen molar-refractivity contribution >= 4 is 23.1 Å². The number of nitrogens with zero attached hydrogens (tertiary/aromatic N) is 2. The van der Waals surface area contributed by atoms with E-state index in [0.29, 0.717) is 5.75 Å². The first-order chi connectivity index (χ1) is 8.53. The van der Waals surface area contributed by atoms with Crippen LogP contribution in [0.4, 0.5) is 13.2 Å². The lowest BCUT2D eigenvalue weighted by Gasteiger charge is -2.08. The number of alkyl halides is 3. The summed E-state index contributed by atoms with van der Waals surface area (Å²) >= 11 is 2.90. The van der Waals surface area contributed by atoms with Crippen LogP contribution in [0.1, 0.15) is 5.56 Å². The lowest BCUT2D eigenvalue weighted by Crippen LogP contribution is -2.16. The average Bonchev–Trinajstić information content (AvgIpc) is 2.79. The normalized spacial score (nSPS) is 11.5. The van der Waals surface area contributed by atoms with Gasteiger partial charge in [-0.3, -0.25) is 0 Å². The first-order valence-corrected chi connectivity index (χ1v) is 6.63. The Kier molecular flexibility index (Phi) is 4.07. The van der Waals surface area contributed by atoms with E-state index in [1.54, 1.807) is 17.6 Å². The van der Waals surface area contributed by atoms with Gasteiger partial charge >= 0.3 is 6.36 Å². The number of benzene rings is 1. The Morgan fingerprint density at radius 2 is 1.94 bits per heavy atom. The van der Waals surface area contributed by atoms with Gasteiger partial charge in [0.1, 0.15) is 11.3 Å². The number of hydrogen-bond acceptors (Lipinski definition) is 5. The summed E-state index contributed by atoms with van der Waals surface area (Å²) in [7, 11) is 0. The topological polar surface area (TPSA) is 35.0 Å². The highest BCUT2D eigenvalue weighted by atomic mass is 32.2. The Hall–Kier alpha value is -1.28. The molecule has 0 aliphatic heterocycles. The third-order valence-corrected chi connectivity index (χ3v) is 3.79. The number of rotatable bonds is 4. The second-order valence-corrected chi connectivity index (χ2v) is 5.24. The monoisotopic (exact) mass is 292 g/mol. The van der Waals surface area contributed by atoms with E-state index in [2.05, 4.69) is 14.9 Å². The molecule has 96 valence electrons. The number of hydrogen-bond donors (Lipinski definition) is 0. The predicted molar refractivity (Wildman–Crippen MR) is 62.6 cm³/mol. The van der Waals surface area contributed by atoms with Crippen LogP contribution in [0.3, 0.4) is 0 Å². The summed E-state index contributed by atoms with van der Waals surface area (Å²) in [6, 6.07) is 5.77. The standard InChI is InChI=1S/C10H7F3N2OS2/c11-10(12,13)16-8-3-1-7(2-4-8)5-17-9-15-14-6-18-9/h1-4,6H,5H2. The Morgan fingerprint density at radius 3 is 2.50 bits per heavy atom. The Morgan fingerprint density at radius 1 is 1.22 bits per heavy atom. The van der Waals surface area contributed by atoms with Crippen LogP contribution >= 0.6 is 23.1 Å². The molecule has 0 unspecified atom stereocenters. The molecule has 0 saturated heterocycles. The van der Waals surface area contributed by atoms with Crippen molar-refractivity contribution in [2.45, 2.75) is 16.5 Å². The molecule has 0 fully saturated rings. The summed E-state index contributed by atoms with van der Waals surface area (Å²) < 4.78 is 40.4. The van der Waals surface area contributed by atoms with E-state index in [1.165, 1.54) is 35.2 Å². The van der Waals surface area contributed by atoms with E-state index in [-0.39, 0.29) is 5.75 Å². The van der Waals surface area contributed by atoms with Crippen LogP contribution in [0.2, 0.25) is 0 Å². The molecule has 0 aliphatic carbocycles. The van der Waals surface area contributed by atoms with Crippen LogP contribution in [0.5, 0.6) is 5.75 Å². The third-order valence-electron chi connectivity index (χ3n) is 1.86. The summed E-state index contributed by atoms with van der Waals surface area (Å²) in [4.78, 5) is 0. The molecule has 1 heterocycles. The molecule has 0 atom stereocenters. The minimum atomic E-state index is -4.65. The van der Waals surface area contributed by atoms with Gasteiger partial charge in [0.25, 0.3) is 0 Å². The van der Waals surface area contributed by atoms with E-state index in [4.69, 9.17) is 0 Å². The third kappa shape index (κ3) is 4.19. The highest BCUT2D eigenvalue weighted by Gasteiger charge is 2.30. The van der Waals surface area contributed by atoms with Crippen LogP contribution in [0.15, 0.2) is 34.1 Å². The van der Waals surface area contributed by atoms with Gasteiger partial charge in [0, 0.05) is 5.75 Å². The lowest BCUT2D eigenvalue weighted by molar-refractivity contribution is -0.274. The van der Waals surface area contributed by atoms with Crippen molar-refractivity contribution in [3.05, 3.63) is 35.3 Å². The van der Waals surface area contributed by atoms with Crippen molar-refractivity contribution in [2.24, 2.45) is 0 Å². The van der Waals surface area contributed by atoms with Gasteiger partial charge in [-0.25, -0.2) is 0 Å². The van der Waals surface area contributed by atoms with Crippen LogP contribution in [-0.4, -0.2) is 16.6 Å². The second-order valence-electron chi connectivity index (χ2n) is 3.19. The second kappa shape index (κ2) is 5.57. The number of ether oxygens (including phenoxy) is 1. The van der Waals surface area contributed by atoms with Crippen molar-refractivity contribution in [2.75, 3.05) is 0 Å². The minimum Gasteiger partial charge on any atom is -0.406 e. The van der Waals surface area contributed by atoms with Gasteiger partial charge in [0.05, 0.1) is 0 Å². The maximum Gasteiger partial charge on any atom is 0.573 e. The number of thioether (sulfide) groups is 1. The first-order valence-electron chi connectivity index (χ1n) is 4.76. The first kappa shape index (κ1) is 13.2. The van der Waals surface area contributed by atoms with Crippen LogP contribution in [-0.2, 0) is 5.75 Å². The van der Waals surface area contributed by atoms with Gasteiger partial charge in [-0.1, -0.05) is 35.2 Å². The maximum absolute atomic E-state index is 11.9. The van der Waals surface area contributed by atoms with Gasteiger partial charge < -0.3 is 4.74 Å². The zero-order valence-corrected chi connectivity index (χ0v) is 10.5. The van der Waals surface area contributed by atoms with E-state index in [9.17, 15) is 13.2 Å². The van der Waals surface area contributed by atoms with Crippen molar-refractivity contribution in [1.82, 2.24) is 10.2 Å². The molecule has 2 aromatic rings. The van der Waals surface area contributed by atoms with E-state index >= 15 is 0 Å². The zero-order valence-electron chi connectivity index (χ0n) is 8.85. The molecule has 0 spiro atoms. The van der Waals surface area contributed by atoms with Gasteiger partial charge in [-0.15, -0.1) is 23.4 Å². The SMILES string of the molecule is FC(F)(F)Oc1ccc(CSc2nncs2)cc1. The molecule has 2 rings (SSSR count). The van der Waals surface area contributed by atoms with Crippen LogP contribution in [0.25, 0.3) is 0 Å². The molecule has 1 aromatic carbocycles. The Labute approximate surface area is 109 Å². The van der Waals surface area contributed by atoms with Gasteiger partial charge in [0.2, 0.25) is 0 Å². The zero-order chi connectivity index (χ0) is 13.0. The van der Waals surface area contributed by atoms with E-state index in [1.807, 2.05) is 0 Å². The Balaban J connectivity index is 1.91. The molecular weight excluding hydrogens is 285 g/mol. The largest absolute Gasteiger partial charge is 0.573 e. The average molecular weight is 292 g/mol. The fraction of sp³-hybridized carbons (Fsp3) is 0.200. The summed E-state index contributed by atoms with van der Waals surface area (Å²) in [5.41, 5.74) is 2.52. The van der Waals surface area contributed by atoms with Crippen molar-refractivity contribution < 1.29 is 17.9 Å². The number of aromatic nitrogens is 2. The molecule has 18 heavy (non-hydrogen) atoms. The number of halogens is 3. The minimum absolute atomic E-state index is 0.216. The molecule has 1 aromatic heterocycles. The van der Waals surface area contributed by atoms with Gasteiger partial charge in [-0.2, -0.15) is 0 Å². The summed E-state index contributed by atoms with van der Waals surface area (Å²) in [6.45, 7) is 0. The van der Waals surface area contributed by atoms with Gasteiger partial charge in [0.15, 0.2) is 4.34 Å². The van der Waals surface area contributed by atoms with Gasteiger partial charge in [-0.05, 0) is 17.7 Å². The van der Waals surface area contributed by atoms with Crippen molar-refractivity contribution in [3.8, 4) is 5.75 Å². The fourth-order valence-corrected chi connectivity index (χ4v) is 2.60. The maximum atomic E-state index is 11.9. The molecule has 0 amide bonds. The van der Waals surface area contributed by atoms with Crippen LogP contribution in [0, 0.1) is 0 Å². The molecule has 0 aliphatic rings. The predicted octanol–water partition coefficient (Wildman–Crippen LogP) is 3.73. The molecule has 8 heteroatoms. The summed E-state index contributed by atoms with van der Waals surface area (Å²) in [5.74, 6) is 0.411. The summed E-state index contributed by atoms with van der Waals surface area (Å²) in [5, 5.41) is 7.55. The highest BCUT2D eigenvalue weighted by Crippen LogP contribution is 2.26. The highest BCUT2D eigenvalue weighted by molar-refractivity contribution is 8.00. The van der Waals surface area contributed by atoms with Crippen molar-refractivity contribution in [3.63, 3.8) is 0 Å². The van der Waals surface area contributed by atoms with Crippen molar-refractivity contribution in [1.29, 1.82) is 0 Å². The quantitative estimate of drug-likeness (QED) is 0.804. The molecule has 0 radical (unpaired) electrons. The fourth-order valence-electron chi connectivity index (χ4n) is 1.16. The summed E-state index contributed by atoms with van der Waals surface area (Å²) in [6.07, 6.45) is -4.65. The smallest absolute Gasteiger partial charge is 0.406 e. The molecule has 0 N–H and O–H groups in total. The molecule has 3 nitrogen and oxygen atoms in total. The van der Waals surface area contributed by atoms with E-state index in [0.717, 1.165) is 9.90 Å². The Bertz CT molecular complexity index is 485. The molecular formula is C10H7F3N2OS2. The lowest BCUT2D eigenvalue weighted by atomic mass is 10.2. The van der Waals surface area contributed by atoms with Crippen LogP contribution < -0.4 is 4.74 Å².